The van der Waals surface area contributed by atoms with Gasteiger partial charge in [0, 0.05) is 32.8 Å². The Morgan fingerprint density at radius 3 is 2.80 bits per heavy atom. The molecule has 2 aromatic rings. The predicted molar refractivity (Wildman–Crippen MR) is 76.4 cm³/mol. The van der Waals surface area contributed by atoms with E-state index >= 15 is 0 Å². The summed E-state index contributed by atoms with van der Waals surface area (Å²) >= 11 is 0. The standard InChI is InChI=1S/C15H18N4O/c1-18(2)15(20)19-9-8-12-13(17-10-16-12)14(19)11-6-4-3-5-7-11/h3-7,10,14H,8-9H2,1-2H3,(H,16,17). The minimum absolute atomic E-state index is 0.0208. The lowest BCUT2D eigenvalue weighted by Crippen LogP contribution is -2.45. The van der Waals surface area contributed by atoms with Crippen LogP contribution in [0, 0.1) is 0 Å². The van der Waals surface area contributed by atoms with Crippen LogP contribution in [0.2, 0.25) is 0 Å². The Morgan fingerprint density at radius 2 is 2.10 bits per heavy atom. The number of amides is 2. The first-order valence-electron chi connectivity index (χ1n) is 6.73. The van der Waals surface area contributed by atoms with Crippen molar-refractivity contribution >= 4 is 6.03 Å². The fourth-order valence-electron chi connectivity index (χ4n) is 2.71. The van der Waals surface area contributed by atoms with E-state index < -0.39 is 0 Å². The van der Waals surface area contributed by atoms with E-state index in [4.69, 9.17) is 0 Å². The van der Waals surface area contributed by atoms with Gasteiger partial charge in [-0.1, -0.05) is 30.3 Å². The second-order valence-electron chi connectivity index (χ2n) is 5.20. The van der Waals surface area contributed by atoms with Gasteiger partial charge in [0.15, 0.2) is 0 Å². The maximum atomic E-state index is 12.4. The molecule has 5 heteroatoms. The van der Waals surface area contributed by atoms with Gasteiger partial charge in [0.05, 0.1) is 12.0 Å². The molecule has 5 nitrogen and oxygen atoms in total. The highest BCUT2D eigenvalue weighted by molar-refractivity contribution is 5.75. The minimum Gasteiger partial charge on any atom is -0.348 e. The number of aromatic nitrogens is 2. The van der Waals surface area contributed by atoms with Crippen LogP contribution >= 0.6 is 0 Å². The number of fused-ring (bicyclic) bond motifs is 1. The van der Waals surface area contributed by atoms with E-state index in [9.17, 15) is 4.79 Å². The number of hydrogen-bond donors (Lipinski definition) is 1. The molecule has 0 radical (unpaired) electrons. The Balaban J connectivity index is 2.06. The third kappa shape index (κ3) is 2.05. The summed E-state index contributed by atoms with van der Waals surface area (Å²) in [5.74, 6) is 0. The summed E-state index contributed by atoms with van der Waals surface area (Å²) in [6, 6.07) is 9.97. The van der Waals surface area contributed by atoms with Crippen molar-refractivity contribution in [2.75, 3.05) is 20.6 Å². The molecule has 2 amide bonds. The second kappa shape index (κ2) is 5.00. The molecule has 104 valence electrons. The summed E-state index contributed by atoms with van der Waals surface area (Å²) < 4.78 is 0. The van der Waals surface area contributed by atoms with Gasteiger partial charge in [-0.15, -0.1) is 0 Å². The van der Waals surface area contributed by atoms with Crippen molar-refractivity contribution in [3.63, 3.8) is 0 Å². The summed E-state index contributed by atoms with van der Waals surface area (Å²) in [7, 11) is 3.56. The van der Waals surface area contributed by atoms with Crippen LogP contribution in [-0.2, 0) is 6.42 Å². The Kier molecular flexibility index (Phi) is 3.18. The van der Waals surface area contributed by atoms with Gasteiger partial charge in [-0.2, -0.15) is 0 Å². The van der Waals surface area contributed by atoms with Crippen LogP contribution in [0.4, 0.5) is 4.79 Å². The highest BCUT2D eigenvalue weighted by Crippen LogP contribution is 2.33. The Hall–Kier alpha value is -2.30. The van der Waals surface area contributed by atoms with Gasteiger partial charge >= 0.3 is 6.03 Å². The average molecular weight is 270 g/mol. The maximum absolute atomic E-state index is 12.4. The van der Waals surface area contributed by atoms with E-state index in [1.165, 1.54) is 0 Å². The van der Waals surface area contributed by atoms with Crippen LogP contribution in [0.5, 0.6) is 0 Å². The number of hydrogen-bond acceptors (Lipinski definition) is 2. The van der Waals surface area contributed by atoms with Crippen LogP contribution in [-0.4, -0.2) is 46.4 Å². The van der Waals surface area contributed by atoms with Crippen molar-refractivity contribution in [2.45, 2.75) is 12.5 Å². The molecule has 0 bridgehead atoms. The molecule has 0 saturated heterocycles. The lowest BCUT2D eigenvalue weighted by Gasteiger charge is -2.36. The summed E-state index contributed by atoms with van der Waals surface area (Å²) in [5.41, 5.74) is 3.18. The molecule has 20 heavy (non-hydrogen) atoms. The highest BCUT2D eigenvalue weighted by Gasteiger charge is 2.34. The third-order valence-electron chi connectivity index (χ3n) is 3.67. The fraction of sp³-hybridized carbons (Fsp3) is 0.333. The smallest absolute Gasteiger partial charge is 0.320 e. The van der Waals surface area contributed by atoms with Gasteiger partial charge in [0.1, 0.15) is 6.04 Å². The van der Waals surface area contributed by atoms with Crippen LogP contribution in [0.1, 0.15) is 23.0 Å². The summed E-state index contributed by atoms with van der Waals surface area (Å²) in [5, 5.41) is 0. The first-order valence-corrected chi connectivity index (χ1v) is 6.73. The van der Waals surface area contributed by atoms with Gasteiger partial charge < -0.3 is 14.8 Å². The van der Waals surface area contributed by atoms with Crippen molar-refractivity contribution in [1.29, 1.82) is 0 Å². The summed E-state index contributed by atoms with van der Waals surface area (Å²) in [6.07, 6.45) is 2.53. The first-order chi connectivity index (χ1) is 9.68. The maximum Gasteiger partial charge on any atom is 0.320 e. The van der Waals surface area contributed by atoms with Crippen molar-refractivity contribution in [1.82, 2.24) is 19.8 Å². The average Bonchev–Trinajstić information content (AvgIpc) is 2.94. The lowest BCUT2D eigenvalue weighted by atomic mass is 9.96. The topological polar surface area (TPSA) is 52.2 Å². The highest BCUT2D eigenvalue weighted by atomic mass is 16.2. The summed E-state index contributed by atoms with van der Waals surface area (Å²) in [6.45, 7) is 0.700. The minimum atomic E-state index is -0.110. The van der Waals surface area contributed by atoms with E-state index in [1.54, 1.807) is 25.3 Å². The predicted octanol–water partition coefficient (Wildman–Crippen LogP) is 2.04. The molecule has 1 aliphatic heterocycles. The molecule has 1 aliphatic rings. The van der Waals surface area contributed by atoms with Crippen LogP contribution < -0.4 is 0 Å². The SMILES string of the molecule is CN(C)C(=O)N1CCc2[nH]cnc2C1c1ccccc1. The quantitative estimate of drug-likeness (QED) is 0.862. The number of nitrogens with zero attached hydrogens (tertiary/aromatic N) is 3. The zero-order chi connectivity index (χ0) is 14.1. The van der Waals surface area contributed by atoms with Gasteiger partial charge in [-0.05, 0) is 5.56 Å². The lowest BCUT2D eigenvalue weighted by molar-refractivity contribution is 0.153. The van der Waals surface area contributed by atoms with E-state index in [1.807, 2.05) is 35.2 Å². The number of rotatable bonds is 1. The summed E-state index contributed by atoms with van der Waals surface area (Å²) in [4.78, 5) is 23.6. The van der Waals surface area contributed by atoms with Gasteiger partial charge in [-0.25, -0.2) is 9.78 Å². The molecule has 1 unspecified atom stereocenters. The Morgan fingerprint density at radius 1 is 1.35 bits per heavy atom. The zero-order valence-corrected chi connectivity index (χ0v) is 11.7. The molecule has 1 atom stereocenters. The number of H-pyrrole nitrogens is 1. The molecule has 0 saturated carbocycles. The number of aromatic amines is 1. The van der Waals surface area contributed by atoms with Crippen LogP contribution in [0.15, 0.2) is 36.7 Å². The van der Waals surface area contributed by atoms with E-state index in [-0.39, 0.29) is 12.1 Å². The number of carbonyl (C=O) groups excluding carboxylic acids is 1. The Bertz CT molecular complexity index is 605. The number of imidazole rings is 1. The fourth-order valence-corrected chi connectivity index (χ4v) is 2.71. The largest absolute Gasteiger partial charge is 0.348 e. The van der Waals surface area contributed by atoms with Gasteiger partial charge in [0.25, 0.3) is 0 Å². The van der Waals surface area contributed by atoms with Crippen LogP contribution in [0.25, 0.3) is 0 Å². The molecule has 2 heterocycles. The first kappa shape index (κ1) is 12.7. The van der Waals surface area contributed by atoms with E-state index in [0.29, 0.717) is 6.54 Å². The third-order valence-corrected chi connectivity index (χ3v) is 3.67. The van der Waals surface area contributed by atoms with Gasteiger partial charge in [-0.3, -0.25) is 0 Å². The number of nitrogens with one attached hydrogen (secondary N) is 1. The molecule has 1 N–H and O–H groups in total. The monoisotopic (exact) mass is 270 g/mol. The molecule has 1 aromatic carbocycles. The second-order valence-corrected chi connectivity index (χ2v) is 5.20. The van der Waals surface area contributed by atoms with Crippen molar-refractivity contribution in [2.24, 2.45) is 0 Å². The molecule has 1 aromatic heterocycles. The van der Waals surface area contributed by atoms with Crippen molar-refractivity contribution in [3.05, 3.63) is 53.6 Å². The number of urea groups is 1. The molecule has 0 aliphatic carbocycles. The molecular weight excluding hydrogens is 252 g/mol. The van der Waals surface area contributed by atoms with Gasteiger partial charge in [0.2, 0.25) is 0 Å². The van der Waals surface area contributed by atoms with Crippen molar-refractivity contribution < 1.29 is 4.79 Å². The van der Waals surface area contributed by atoms with Crippen molar-refractivity contribution in [3.8, 4) is 0 Å². The molecular formula is C15H18N4O. The van der Waals surface area contributed by atoms with Crippen LogP contribution in [0.3, 0.4) is 0 Å². The molecule has 0 fully saturated rings. The number of benzene rings is 1. The van der Waals surface area contributed by atoms with E-state index in [2.05, 4.69) is 9.97 Å². The normalized spacial score (nSPS) is 17.7. The number of carbonyl (C=O) groups is 1. The van der Waals surface area contributed by atoms with E-state index in [0.717, 1.165) is 23.4 Å². The molecule has 3 rings (SSSR count). The Labute approximate surface area is 118 Å². The zero-order valence-electron chi connectivity index (χ0n) is 11.7. The molecule has 0 spiro atoms.